The summed E-state index contributed by atoms with van der Waals surface area (Å²) in [6.45, 7) is 3.42. The van der Waals surface area contributed by atoms with Gasteiger partial charge in [0.2, 0.25) is 0 Å². The van der Waals surface area contributed by atoms with Gasteiger partial charge in [-0.3, -0.25) is 4.68 Å². The Balaban J connectivity index is 1.84. The van der Waals surface area contributed by atoms with Gasteiger partial charge in [-0.2, -0.15) is 5.10 Å². The van der Waals surface area contributed by atoms with E-state index in [-0.39, 0.29) is 18.1 Å². The van der Waals surface area contributed by atoms with E-state index >= 15 is 0 Å². The molecule has 0 radical (unpaired) electrons. The van der Waals surface area contributed by atoms with E-state index in [0.29, 0.717) is 12.2 Å². The van der Waals surface area contributed by atoms with Crippen LogP contribution in [0.5, 0.6) is 0 Å². The number of nitrogens with one attached hydrogen (secondary N) is 1. The number of aromatic nitrogens is 2. The summed E-state index contributed by atoms with van der Waals surface area (Å²) in [4.78, 5) is 11.5. The third-order valence-electron chi connectivity index (χ3n) is 2.87. The molecule has 0 spiro atoms. The van der Waals surface area contributed by atoms with Gasteiger partial charge in [-0.05, 0) is 13.3 Å². The third-order valence-corrected chi connectivity index (χ3v) is 2.87. The molecule has 6 nitrogen and oxygen atoms in total. The maximum Gasteiger partial charge on any atom is 0.329 e. The topological polar surface area (TPSA) is 65.4 Å². The van der Waals surface area contributed by atoms with Gasteiger partial charge in [0.25, 0.3) is 0 Å². The van der Waals surface area contributed by atoms with E-state index in [1.807, 2.05) is 23.9 Å². The number of cyclic esters (lactones) is 1. The van der Waals surface area contributed by atoms with Crippen LogP contribution in [0.4, 0.5) is 5.82 Å². The lowest BCUT2D eigenvalue weighted by atomic mass is 10.2. The first-order valence-corrected chi connectivity index (χ1v) is 6.18. The molecule has 1 aliphatic rings. The molecule has 100 valence electrons. The van der Waals surface area contributed by atoms with Crippen molar-refractivity contribution in [2.75, 3.05) is 19.0 Å². The van der Waals surface area contributed by atoms with Crippen LogP contribution in [0.1, 0.15) is 19.8 Å². The second-order valence-electron chi connectivity index (χ2n) is 4.49. The van der Waals surface area contributed by atoms with Crippen LogP contribution >= 0.6 is 0 Å². The molecule has 2 atom stereocenters. The number of nitrogens with zero attached hydrogens (tertiary/aromatic N) is 2. The lowest BCUT2D eigenvalue weighted by molar-refractivity contribution is -0.141. The van der Waals surface area contributed by atoms with Crippen molar-refractivity contribution in [3.8, 4) is 0 Å². The molecule has 1 aromatic heterocycles. The standard InChI is InChI=1S/C12H19N3O3/c1-9-8-10(12(16)18-9)13-11-4-6-15(14-11)5-3-7-17-2/h4,6,9-10H,3,5,7-8H2,1-2H3,(H,13,14)/t9-,10-/m0/s1. The van der Waals surface area contributed by atoms with Gasteiger partial charge in [-0.15, -0.1) is 0 Å². The molecule has 1 aliphatic heterocycles. The highest BCUT2D eigenvalue weighted by atomic mass is 16.6. The second kappa shape index (κ2) is 5.86. The Morgan fingerprint density at radius 1 is 1.67 bits per heavy atom. The van der Waals surface area contributed by atoms with Crippen molar-refractivity contribution < 1.29 is 14.3 Å². The van der Waals surface area contributed by atoms with Gasteiger partial charge in [0.05, 0.1) is 0 Å². The minimum atomic E-state index is -0.276. The van der Waals surface area contributed by atoms with E-state index in [1.165, 1.54) is 0 Å². The van der Waals surface area contributed by atoms with Crippen LogP contribution in [0.25, 0.3) is 0 Å². The largest absolute Gasteiger partial charge is 0.461 e. The van der Waals surface area contributed by atoms with Crippen molar-refractivity contribution in [1.29, 1.82) is 0 Å². The van der Waals surface area contributed by atoms with Gasteiger partial charge >= 0.3 is 5.97 Å². The van der Waals surface area contributed by atoms with Gasteiger partial charge in [0.1, 0.15) is 18.0 Å². The van der Waals surface area contributed by atoms with Crippen molar-refractivity contribution >= 4 is 11.8 Å². The van der Waals surface area contributed by atoms with Crippen molar-refractivity contribution in [2.45, 2.75) is 38.5 Å². The number of ether oxygens (including phenoxy) is 2. The second-order valence-corrected chi connectivity index (χ2v) is 4.49. The average molecular weight is 253 g/mol. The monoisotopic (exact) mass is 253 g/mol. The normalized spacial score (nSPS) is 23.1. The molecule has 18 heavy (non-hydrogen) atoms. The van der Waals surface area contributed by atoms with Crippen LogP contribution < -0.4 is 5.32 Å². The molecule has 0 unspecified atom stereocenters. The maximum absolute atomic E-state index is 11.5. The molecule has 1 N–H and O–H groups in total. The van der Waals surface area contributed by atoms with Crippen LogP contribution in [0, 0.1) is 0 Å². The number of hydrogen-bond donors (Lipinski definition) is 1. The zero-order chi connectivity index (χ0) is 13.0. The zero-order valence-electron chi connectivity index (χ0n) is 10.8. The number of hydrogen-bond acceptors (Lipinski definition) is 5. The molecule has 0 amide bonds. The highest BCUT2D eigenvalue weighted by Crippen LogP contribution is 2.18. The first-order valence-electron chi connectivity index (χ1n) is 6.18. The summed E-state index contributed by atoms with van der Waals surface area (Å²) in [5, 5.41) is 7.44. The minimum Gasteiger partial charge on any atom is -0.461 e. The quantitative estimate of drug-likeness (QED) is 0.606. The highest BCUT2D eigenvalue weighted by Gasteiger charge is 2.31. The summed E-state index contributed by atoms with van der Waals surface area (Å²) in [5.41, 5.74) is 0. The Bertz CT molecular complexity index is 405. The van der Waals surface area contributed by atoms with Crippen molar-refractivity contribution in [3.05, 3.63) is 12.3 Å². The summed E-state index contributed by atoms with van der Waals surface area (Å²) < 4.78 is 11.9. The number of aryl methyl sites for hydroxylation is 1. The van der Waals surface area contributed by atoms with Crippen LogP contribution in [0.3, 0.4) is 0 Å². The predicted octanol–water partition coefficient (Wildman–Crippen LogP) is 1.04. The summed E-state index contributed by atoms with van der Waals surface area (Å²) in [5.74, 6) is 0.514. The number of rotatable bonds is 6. The fourth-order valence-electron chi connectivity index (χ4n) is 1.99. The maximum atomic E-state index is 11.5. The molecular weight excluding hydrogens is 234 g/mol. The SMILES string of the molecule is COCCCn1ccc(N[C@H]2C[C@H](C)OC2=O)n1. The molecule has 1 aromatic rings. The Labute approximate surface area is 106 Å². The van der Waals surface area contributed by atoms with Gasteiger partial charge in [0, 0.05) is 38.9 Å². The molecular formula is C12H19N3O3. The van der Waals surface area contributed by atoms with E-state index in [1.54, 1.807) is 7.11 Å². The molecule has 1 fully saturated rings. The van der Waals surface area contributed by atoms with Crippen molar-refractivity contribution in [3.63, 3.8) is 0 Å². The van der Waals surface area contributed by atoms with E-state index in [0.717, 1.165) is 19.6 Å². The highest BCUT2D eigenvalue weighted by molar-refractivity contribution is 5.80. The molecule has 6 heteroatoms. The predicted molar refractivity (Wildman–Crippen MR) is 66.3 cm³/mol. The molecule has 0 bridgehead atoms. The number of anilines is 1. The molecule has 2 rings (SSSR count). The molecule has 0 saturated carbocycles. The number of carbonyl (C=O) groups excluding carboxylic acids is 1. The lowest BCUT2D eigenvalue weighted by Crippen LogP contribution is -2.24. The molecule has 2 heterocycles. The van der Waals surface area contributed by atoms with Crippen molar-refractivity contribution in [2.24, 2.45) is 0 Å². The number of esters is 1. The molecule has 0 aromatic carbocycles. The summed E-state index contributed by atoms with van der Waals surface area (Å²) in [7, 11) is 1.68. The minimum absolute atomic E-state index is 0.0150. The zero-order valence-corrected chi connectivity index (χ0v) is 10.8. The van der Waals surface area contributed by atoms with Gasteiger partial charge in [-0.25, -0.2) is 4.79 Å². The Morgan fingerprint density at radius 2 is 2.50 bits per heavy atom. The van der Waals surface area contributed by atoms with Crippen molar-refractivity contribution in [1.82, 2.24) is 9.78 Å². The van der Waals surface area contributed by atoms with Crippen LogP contribution in [0.2, 0.25) is 0 Å². The van der Waals surface area contributed by atoms with E-state index in [9.17, 15) is 4.79 Å². The Morgan fingerprint density at radius 3 is 3.17 bits per heavy atom. The van der Waals surface area contributed by atoms with Gasteiger partial charge < -0.3 is 14.8 Å². The first kappa shape index (κ1) is 12.9. The Kier molecular flexibility index (Phi) is 4.19. The fourth-order valence-corrected chi connectivity index (χ4v) is 1.99. The van der Waals surface area contributed by atoms with Crippen LogP contribution in [-0.2, 0) is 20.8 Å². The summed E-state index contributed by atoms with van der Waals surface area (Å²) >= 11 is 0. The summed E-state index contributed by atoms with van der Waals surface area (Å²) in [6, 6.07) is 1.59. The first-order chi connectivity index (χ1) is 8.69. The number of carbonyl (C=O) groups is 1. The third kappa shape index (κ3) is 3.22. The molecule has 0 aliphatic carbocycles. The van der Waals surface area contributed by atoms with E-state index < -0.39 is 0 Å². The van der Waals surface area contributed by atoms with Gasteiger partial charge in [0.15, 0.2) is 0 Å². The van der Waals surface area contributed by atoms with Gasteiger partial charge in [-0.1, -0.05) is 0 Å². The van der Waals surface area contributed by atoms with Crippen LogP contribution in [-0.4, -0.2) is 41.6 Å². The lowest BCUT2D eigenvalue weighted by Gasteiger charge is -2.06. The van der Waals surface area contributed by atoms with Crippen LogP contribution in [0.15, 0.2) is 12.3 Å². The average Bonchev–Trinajstić information content (AvgIpc) is 2.88. The molecule has 1 saturated heterocycles. The number of methoxy groups -OCH3 is 1. The fraction of sp³-hybridized carbons (Fsp3) is 0.667. The Hall–Kier alpha value is -1.56. The van der Waals surface area contributed by atoms with E-state index in [4.69, 9.17) is 9.47 Å². The summed E-state index contributed by atoms with van der Waals surface area (Å²) in [6.07, 6.45) is 3.48. The van der Waals surface area contributed by atoms with E-state index in [2.05, 4.69) is 10.4 Å². The smallest absolute Gasteiger partial charge is 0.329 e.